The molecule has 68 valence electrons. The Morgan fingerprint density at radius 1 is 1.50 bits per heavy atom. The van der Waals surface area contributed by atoms with Gasteiger partial charge in [0.25, 0.3) is 0 Å². The first kappa shape index (κ1) is 9.46. The predicted octanol–water partition coefficient (Wildman–Crippen LogP) is 0.0681. The number of ether oxygens (including phenoxy) is 2. The summed E-state index contributed by atoms with van der Waals surface area (Å²) in [6.07, 6.45) is 1.20. The zero-order valence-electron chi connectivity index (χ0n) is 6.95. The molecule has 4 nitrogen and oxygen atoms in total. The van der Waals surface area contributed by atoms with Crippen LogP contribution in [0.15, 0.2) is 0 Å². The first-order valence-corrected chi connectivity index (χ1v) is 4.07. The highest BCUT2D eigenvalue weighted by Crippen LogP contribution is 2.23. The number of aliphatic hydroxyl groups is 1. The van der Waals surface area contributed by atoms with Crippen molar-refractivity contribution in [3.8, 4) is 6.07 Å². The fraction of sp³-hybridized carbons (Fsp3) is 0.875. The van der Waals surface area contributed by atoms with E-state index in [9.17, 15) is 0 Å². The number of nitriles is 1. The third-order valence-electron chi connectivity index (χ3n) is 1.97. The highest BCUT2D eigenvalue weighted by atomic mass is 16.5. The molecular weight excluding hydrogens is 158 g/mol. The Hall–Kier alpha value is -0.630. The van der Waals surface area contributed by atoms with Crippen LogP contribution in [0.4, 0.5) is 0 Å². The Morgan fingerprint density at radius 2 is 2.17 bits per heavy atom. The Morgan fingerprint density at radius 3 is 2.67 bits per heavy atom. The Balaban J connectivity index is 2.44. The van der Waals surface area contributed by atoms with Crippen molar-refractivity contribution < 1.29 is 14.6 Å². The summed E-state index contributed by atoms with van der Waals surface area (Å²) < 4.78 is 10.4. The second kappa shape index (κ2) is 4.41. The molecule has 1 N–H and O–H groups in total. The van der Waals surface area contributed by atoms with E-state index < -0.39 is 5.60 Å². The normalized spacial score (nSPS) is 21.7. The van der Waals surface area contributed by atoms with Gasteiger partial charge in [-0.3, -0.25) is 0 Å². The number of hydrogen-bond acceptors (Lipinski definition) is 4. The van der Waals surface area contributed by atoms with Crippen LogP contribution in [0.2, 0.25) is 0 Å². The van der Waals surface area contributed by atoms with E-state index in [1.54, 1.807) is 0 Å². The topological polar surface area (TPSA) is 62.5 Å². The SMILES string of the molecule is N#CC1(OCCO)CCOCC1. The van der Waals surface area contributed by atoms with E-state index in [4.69, 9.17) is 19.8 Å². The average Bonchev–Trinajstić information content (AvgIpc) is 2.16. The second-order valence-electron chi connectivity index (χ2n) is 2.79. The molecule has 1 heterocycles. The van der Waals surface area contributed by atoms with Crippen LogP contribution < -0.4 is 0 Å². The fourth-order valence-corrected chi connectivity index (χ4v) is 1.23. The molecule has 0 amide bonds. The van der Waals surface area contributed by atoms with E-state index >= 15 is 0 Å². The van der Waals surface area contributed by atoms with E-state index in [0.717, 1.165) is 0 Å². The van der Waals surface area contributed by atoms with Crippen LogP contribution in [-0.2, 0) is 9.47 Å². The van der Waals surface area contributed by atoms with Gasteiger partial charge >= 0.3 is 0 Å². The van der Waals surface area contributed by atoms with Gasteiger partial charge in [-0.25, -0.2) is 0 Å². The molecule has 1 rings (SSSR count). The molecule has 0 spiro atoms. The van der Waals surface area contributed by atoms with E-state index in [0.29, 0.717) is 26.1 Å². The summed E-state index contributed by atoms with van der Waals surface area (Å²) in [4.78, 5) is 0. The molecule has 0 aromatic heterocycles. The van der Waals surface area contributed by atoms with Crippen molar-refractivity contribution in [3.63, 3.8) is 0 Å². The summed E-state index contributed by atoms with van der Waals surface area (Å²) in [6, 6.07) is 2.14. The maximum absolute atomic E-state index is 8.86. The van der Waals surface area contributed by atoms with Crippen molar-refractivity contribution in [2.75, 3.05) is 26.4 Å². The maximum Gasteiger partial charge on any atom is 0.158 e. The lowest BCUT2D eigenvalue weighted by atomic mass is 9.96. The van der Waals surface area contributed by atoms with Gasteiger partial charge in [0.1, 0.15) is 0 Å². The van der Waals surface area contributed by atoms with Crippen LogP contribution in [0.5, 0.6) is 0 Å². The molecule has 1 aliphatic rings. The second-order valence-corrected chi connectivity index (χ2v) is 2.79. The molecule has 0 aromatic carbocycles. The summed E-state index contributed by atoms with van der Waals surface area (Å²) in [6.45, 7) is 1.33. The Bertz CT molecular complexity index is 170. The average molecular weight is 171 g/mol. The van der Waals surface area contributed by atoms with Gasteiger partial charge in [0.2, 0.25) is 0 Å². The van der Waals surface area contributed by atoms with Crippen LogP contribution in [0.25, 0.3) is 0 Å². The van der Waals surface area contributed by atoms with Gasteiger partial charge in [-0.15, -0.1) is 0 Å². The third-order valence-corrected chi connectivity index (χ3v) is 1.97. The smallest absolute Gasteiger partial charge is 0.158 e. The summed E-state index contributed by atoms with van der Waals surface area (Å²) >= 11 is 0. The fourth-order valence-electron chi connectivity index (χ4n) is 1.23. The van der Waals surface area contributed by atoms with Crippen molar-refractivity contribution in [2.24, 2.45) is 0 Å². The van der Waals surface area contributed by atoms with Gasteiger partial charge in [0.15, 0.2) is 5.60 Å². The molecular formula is C8H13NO3. The lowest BCUT2D eigenvalue weighted by molar-refractivity contribution is -0.0833. The predicted molar refractivity (Wildman–Crippen MR) is 41.4 cm³/mol. The summed E-state index contributed by atoms with van der Waals surface area (Å²) in [5.74, 6) is 0. The van der Waals surface area contributed by atoms with Crippen molar-refractivity contribution in [1.29, 1.82) is 5.26 Å². The monoisotopic (exact) mass is 171 g/mol. The zero-order chi connectivity index (χ0) is 8.86. The number of hydrogen-bond donors (Lipinski definition) is 1. The quantitative estimate of drug-likeness (QED) is 0.652. The first-order chi connectivity index (χ1) is 5.83. The molecule has 0 unspecified atom stereocenters. The summed E-state index contributed by atoms with van der Waals surface area (Å²) in [5, 5.41) is 17.4. The number of nitrogens with zero attached hydrogens (tertiary/aromatic N) is 1. The van der Waals surface area contributed by atoms with E-state index in [-0.39, 0.29) is 13.2 Å². The third kappa shape index (κ3) is 2.18. The molecule has 12 heavy (non-hydrogen) atoms. The van der Waals surface area contributed by atoms with Crippen LogP contribution in [0, 0.1) is 11.3 Å². The van der Waals surface area contributed by atoms with Crippen LogP contribution in [0.1, 0.15) is 12.8 Å². The molecule has 0 saturated carbocycles. The van der Waals surface area contributed by atoms with E-state index in [1.807, 2.05) is 0 Å². The van der Waals surface area contributed by atoms with Gasteiger partial charge in [-0.05, 0) is 0 Å². The first-order valence-electron chi connectivity index (χ1n) is 4.07. The number of rotatable bonds is 3. The maximum atomic E-state index is 8.86. The molecule has 4 heteroatoms. The number of aliphatic hydroxyl groups excluding tert-OH is 1. The van der Waals surface area contributed by atoms with Crippen molar-refractivity contribution in [3.05, 3.63) is 0 Å². The van der Waals surface area contributed by atoms with Gasteiger partial charge in [0, 0.05) is 12.8 Å². The van der Waals surface area contributed by atoms with Crippen LogP contribution in [-0.4, -0.2) is 37.1 Å². The summed E-state index contributed by atoms with van der Waals surface area (Å²) in [7, 11) is 0. The largest absolute Gasteiger partial charge is 0.394 e. The molecule has 1 aliphatic heterocycles. The highest BCUT2D eigenvalue weighted by molar-refractivity contribution is 5.03. The highest BCUT2D eigenvalue weighted by Gasteiger charge is 2.33. The van der Waals surface area contributed by atoms with Crippen LogP contribution in [0.3, 0.4) is 0 Å². The molecule has 0 radical (unpaired) electrons. The minimum absolute atomic E-state index is 0.0374. The lowest BCUT2D eigenvalue weighted by Gasteiger charge is -2.30. The van der Waals surface area contributed by atoms with Crippen molar-refractivity contribution in [2.45, 2.75) is 18.4 Å². The summed E-state index contributed by atoms with van der Waals surface area (Å²) in [5.41, 5.74) is -0.707. The van der Waals surface area contributed by atoms with Gasteiger partial charge in [0.05, 0.1) is 32.5 Å². The van der Waals surface area contributed by atoms with Gasteiger partial charge < -0.3 is 14.6 Å². The molecule has 1 fully saturated rings. The molecule has 0 atom stereocenters. The molecule has 0 bridgehead atoms. The standard InChI is InChI=1S/C8H13NO3/c9-7-8(12-6-3-10)1-4-11-5-2-8/h10H,1-6H2. The van der Waals surface area contributed by atoms with Gasteiger partial charge in [-0.2, -0.15) is 5.26 Å². The molecule has 0 aromatic rings. The zero-order valence-corrected chi connectivity index (χ0v) is 6.95. The minimum atomic E-state index is -0.707. The minimum Gasteiger partial charge on any atom is -0.394 e. The van der Waals surface area contributed by atoms with Crippen LogP contribution >= 0.6 is 0 Å². The van der Waals surface area contributed by atoms with Gasteiger partial charge in [-0.1, -0.05) is 0 Å². The van der Waals surface area contributed by atoms with E-state index in [1.165, 1.54) is 0 Å². The lowest BCUT2D eigenvalue weighted by Crippen LogP contribution is -2.38. The molecule has 1 saturated heterocycles. The van der Waals surface area contributed by atoms with E-state index in [2.05, 4.69) is 6.07 Å². The molecule has 0 aliphatic carbocycles. The van der Waals surface area contributed by atoms with Crippen molar-refractivity contribution in [1.82, 2.24) is 0 Å². The van der Waals surface area contributed by atoms with Crippen molar-refractivity contribution >= 4 is 0 Å². The Kier molecular flexibility index (Phi) is 3.48. The Labute approximate surface area is 71.7 Å².